The number of hydrogen-bond donors (Lipinski definition) is 1. The quantitative estimate of drug-likeness (QED) is 0.908. The third kappa shape index (κ3) is 4.38. The normalized spacial score (nSPS) is 10.1. The molecule has 2 rings (SSSR count). The minimum absolute atomic E-state index is 0.0665. The van der Waals surface area contributed by atoms with Crippen molar-refractivity contribution in [1.29, 1.82) is 0 Å². The van der Waals surface area contributed by atoms with Gasteiger partial charge in [-0.2, -0.15) is 0 Å². The molecule has 0 spiro atoms. The number of carbonyl (C=O) groups excluding carboxylic acids is 1. The van der Waals surface area contributed by atoms with Crippen LogP contribution in [0.1, 0.15) is 5.56 Å². The molecule has 1 amide bonds. The van der Waals surface area contributed by atoms with Crippen molar-refractivity contribution in [3.8, 4) is 0 Å². The smallest absolute Gasteiger partial charge is 0.241 e. The van der Waals surface area contributed by atoms with Crippen LogP contribution in [0.3, 0.4) is 0 Å². The molecule has 104 valence electrons. The van der Waals surface area contributed by atoms with E-state index >= 15 is 0 Å². The van der Waals surface area contributed by atoms with E-state index in [0.717, 1.165) is 15.7 Å². The van der Waals surface area contributed by atoms with Gasteiger partial charge >= 0.3 is 0 Å². The third-order valence-electron chi connectivity index (χ3n) is 2.98. The number of carbonyl (C=O) groups is 1. The Morgan fingerprint density at radius 3 is 2.40 bits per heavy atom. The lowest BCUT2D eigenvalue weighted by molar-refractivity contribution is -0.128. The average Bonchev–Trinajstić information content (AvgIpc) is 2.47. The molecule has 0 atom stereocenters. The summed E-state index contributed by atoms with van der Waals surface area (Å²) in [4.78, 5) is 13.8. The Hall–Kier alpha value is -1.81. The van der Waals surface area contributed by atoms with Gasteiger partial charge in [0.15, 0.2) is 0 Å². The Morgan fingerprint density at radius 1 is 1.10 bits per heavy atom. The molecule has 1 N–H and O–H groups in total. The maximum Gasteiger partial charge on any atom is 0.241 e. The number of likely N-dealkylation sites (N-methyl/N-ethyl adjacent to an activating group) is 1. The summed E-state index contributed by atoms with van der Waals surface area (Å²) in [5, 5.41) is 3.13. The van der Waals surface area contributed by atoms with Crippen LogP contribution in [0.25, 0.3) is 0 Å². The standard InChI is InChI=1S/C16H17BrN2O/c1-19(12-13-5-3-2-4-6-13)16(20)11-18-15-9-7-14(17)8-10-15/h2-10,18H,11-12H2,1H3. The van der Waals surface area contributed by atoms with E-state index in [9.17, 15) is 4.79 Å². The SMILES string of the molecule is CN(Cc1ccccc1)C(=O)CNc1ccc(Br)cc1. The molecular formula is C16H17BrN2O. The van der Waals surface area contributed by atoms with Crippen molar-refractivity contribution < 1.29 is 4.79 Å². The summed E-state index contributed by atoms with van der Waals surface area (Å²) in [6.45, 7) is 0.923. The van der Waals surface area contributed by atoms with Crippen molar-refractivity contribution in [2.24, 2.45) is 0 Å². The van der Waals surface area contributed by atoms with Gasteiger partial charge in [0, 0.05) is 23.8 Å². The second-order valence-corrected chi connectivity index (χ2v) is 5.51. The molecule has 3 nitrogen and oxygen atoms in total. The fourth-order valence-electron chi connectivity index (χ4n) is 1.83. The summed E-state index contributed by atoms with van der Waals surface area (Å²) in [7, 11) is 1.82. The molecule has 0 saturated heterocycles. The van der Waals surface area contributed by atoms with Crippen LogP contribution in [-0.4, -0.2) is 24.4 Å². The van der Waals surface area contributed by atoms with E-state index in [1.165, 1.54) is 0 Å². The van der Waals surface area contributed by atoms with Crippen molar-refractivity contribution in [1.82, 2.24) is 4.90 Å². The highest BCUT2D eigenvalue weighted by Crippen LogP contribution is 2.13. The first kappa shape index (κ1) is 14.6. The molecule has 0 aliphatic heterocycles. The zero-order chi connectivity index (χ0) is 14.4. The number of rotatable bonds is 5. The van der Waals surface area contributed by atoms with Gasteiger partial charge in [0.05, 0.1) is 6.54 Å². The number of anilines is 1. The predicted octanol–water partition coefficient (Wildman–Crippen LogP) is 3.52. The molecule has 0 heterocycles. The summed E-state index contributed by atoms with van der Waals surface area (Å²) in [6.07, 6.45) is 0. The van der Waals surface area contributed by atoms with Crippen molar-refractivity contribution in [2.45, 2.75) is 6.54 Å². The van der Waals surface area contributed by atoms with Crippen LogP contribution in [0.4, 0.5) is 5.69 Å². The maximum absolute atomic E-state index is 12.0. The van der Waals surface area contributed by atoms with Gasteiger partial charge in [-0.15, -0.1) is 0 Å². The summed E-state index contributed by atoms with van der Waals surface area (Å²) in [5.41, 5.74) is 2.07. The van der Waals surface area contributed by atoms with Gasteiger partial charge in [-0.1, -0.05) is 46.3 Å². The lowest BCUT2D eigenvalue weighted by Gasteiger charge is -2.18. The molecule has 0 aromatic heterocycles. The number of hydrogen-bond acceptors (Lipinski definition) is 2. The minimum atomic E-state index is 0.0665. The Bertz CT molecular complexity index is 554. The lowest BCUT2D eigenvalue weighted by Crippen LogP contribution is -2.31. The number of halogens is 1. The number of nitrogens with zero attached hydrogens (tertiary/aromatic N) is 1. The summed E-state index contributed by atoms with van der Waals surface area (Å²) >= 11 is 3.38. The third-order valence-corrected chi connectivity index (χ3v) is 3.50. The Kier molecular flexibility index (Phi) is 5.18. The zero-order valence-electron chi connectivity index (χ0n) is 11.3. The zero-order valence-corrected chi connectivity index (χ0v) is 12.9. The van der Waals surface area contributed by atoms with Crippen LogP contribution in [0.5, 0.6) is 0 Å². The number of nitrogens with one attached hydrogen (secondary N) is 1. The molecule has 0 bridgehead atoms. The highest BCUT2D eigenvalue weighted by atomic mass is 79.9. The highest BCUT2D eigenvalue weighted by Gasteiger charge is 2.08. The number of amides is 1. The predicted molar refractivity (Wildman–Crippen MR) is 85.5 cm³/mol. The van der Waals surface area contributed by atoms with Gasteiger partial charge in [0.1, 0.15) is 0 Å². The molecule has 0 radical (unpaired) electrons. The number of benzene rings is 2. The van der Waals surface area contributed by atoms with Crippen molar-refractivity contribution in [2.75, 3.05) is 18.9 Å². The first-order valence-electron chi connectivity index (χ1n) is 6.42. The summed E-state index contributed by atoms with van der Waals surface area (Å²) in [5.74, 6) is 0.0665. The Balaban J connectivity index is 1.83. The van der Waals surface area contributed by atoms with Crippen LogP contribution < -0.4 is 5.32 Å². The van der Waals surface area contributed by atoms with Crippen molar-refractivity contribution in [3.05, 3.63) is 64.6 Å². The monoisotopic (exact) mass is 332 g/mol. The molecule has 4 heteroatoms. The van der Waals surface area contributed by atoms with Crippen LogP contribution in [0, 0.1) is 0 Å². The molecule has 2 aromatic carbocycles. The maximum atomic E-state index is 12.0. The summed E-state index contributed by atoms with van der Waals surface area (Å²) < 4.78 is 1.02. The first-order valence-corrected chi connectivity index (χ1v) is 7.22. The molecule has 0 aliphatic carbocycles. The van der Waals surface area contributed by atoms with E-state index < -0.39 is 0 Å². The van der Waals surface area contributed by atoms with Gasteiger partial charge in [0.25, 0.3) is 0 Å². The van der Waals surface area contributed by atoms with Crippen LogP contribution in [0.15, 0.2) is 59.1 Å². The first-order chi connectivity index (χ1) is 9.65. The van der Waals surface area contributed by atoms with E-state index in [-0.39, 0.29) is 5.91 Å². The molecule has 20 heavy (non-hydrogen) atoms. The second-order valence-electron chi connectivity index (χ2n) is 4.60. The Morgan fingerprint density at radius 2 is 1.75 bits per heavy atom. The van der Waals surface area contributed by atoms with Gasteiger partial charge in [-0.25, -0.2) is 0 Å². The molecule has 0 aliphatic rings. The van der Waals surface area contributed by atoms with E-state index in [4.69, 9.17) is 0 Å². The topological polar surface area (TPSA) is 32.3 Å². The summed E-state index contributed by atoms with van der Waals surface area (Å²) in [6, 6.07) is 17.7. The largest absolute Gasteiger partial charge is 0.376 e. The van der Waals surface area contributed by atoms with Crippen LogP contribution >= 0.6 is 15.9 Å². The van der Waals surface area contributed by atoms with Gasteiger partial charge in [-0.05, 0) is 29.8 Å². The highest BCUT2D eigenvalue weighted by molar-refractivity contribution is 9.10. The Labute approximate surface area is 127 Å². The van der Waals surface area contributed by atoms with E-state index in [1.54, 1.807) is 4.90 Å². The van der Waals surface area contributed by atoms with Crippen molar-refractivity contribution in [3.63, 3.8) is 0 Å². The molecule has 2 aromatic rings. The van der Waals surface area contributed by atoms with Gasteiger partial charge in [0.2, 0.25) is 5.91 Å². The molecule has 0 saturated carbocycles. The minimum Gasteiger partial charge on any atom is -0.376 e. The average molecular weight is 333 g/mol. The van der Waals surface area contributed by atoms with E-state index in [2.05, 4.69) is 21.2 Å². The van der Waals surface area contributed by atoms with Crippen LogP contribution in [-0.2, 0) is 11.3 Å². The molecule has 0 fully saturated rings. The van der Waals surface area contributed by atoms with Gasteiger partial charge in [-0.3, -0.25) is 4.79 Å². The van der Waals surface area contributed by atoms with E-state index in [0.29, 0.717) is 13.1 Å². The molecular weight excluding hydrogens is 316 g/mol. The fourth-order valence-corrected chi connectivity index (χ4v) is 2.09. The second kappa shape index (κ2) is 7.10. The van der Waals surface area contributed by atoms with Crippen LogP contribution in [0.2, 0.25) is 0 Å². The lowest BCUT2D eigenvalue weighted by atomic mass is 10.2. The van der Waals surface area contributed by atoms with Crippen molar-refractivity contribution >= 4 is 27.5 Å². The fraction of sp³-hybridized carbons (Fsp3) is 0.188. The van der Waals surface area contributed by atoms with Gasteiger partial charge < -0.3 is 10.2 Å². The van der Waals surface area contributed by atoms with E-state index in [1.807, 2.05) is 61.6 Å². The molecule has 0 unspecified atom stereocenters.